The molecule has 126 valence electrons. The summed E-state index contributed by atoms with van der Waals surface area (Å²) in [6.45, 7) is 5.62. The van der Waals surface area contributed by atoms with Crippen molar-refractivity contribution in [1.29, 1.82) is 0 Å². The normalized spacial score (nSPS) is 18.0. The number of amides is 1. The number of thiophene rings is 1. The van der Waals surface area contributed by atoms with Gasteiger partial charge in [0.05, 0.1) is 29.4 Å². The van der Waals surface area contributed by atoms with E-state index in [9.17, 15) is 4.79 Å². The van der Waals surface area contributed by atoms with Gasteiger partial charge in [0.25, 0.3) is 5.91 Å². The summed E-state index contributed by atoms with van der Waals surface area (Å²) in [6, 6.07) is 2.22. The molecule has 4 rings (SSSR count). The third-order valence-corrected chi connectivity index (χ3v) is 5.89. The van der Waals surface area contributed by atoms with E-state index in [1.54, 1.807) is 0 Å². The number of hydrogen-bond donors (Lipinski definition) is 0. The Kier molecular flexibility index (Phi) is 3.68. The van der Waals surface area contributed by atoms with E-state index in [2.05, 4.69) is 10.2 Å². The molecule has 1 aliphatic rings. The largest absolute Gasteiger partial charge is 0.333 e. The molecule has 7 heteroatoms. The number of aryl methyl sites for hydroxylation is 3. The van der Waals surface area contributed by atoms with Crippen LogP contribution < -0.4 is 0 Å². The topological polar surface area (TPSA) is 56.0 Å². The maximum atomic E-state index is 13.0. The van der Waals surface area contributed by atoms with Gasteiger partial charge in [0, 0.05) is 25.2 Å². The van der Waals surface area contributed by atoms with Gasteiger partial charge in [-0.15, -0.1) is 11.3 Å². The average molecular weight is 343 g/mol. The van der Waals surface area contributed by atoms with E-state index < -0.39 is 0 Å². The fourth-order valence-corrected chi connectivity index (χ4v) is 4.61. The van der Waals surface area contributed by atoms with Crippen LogP contribution in [0.5, 0.6) is 0 Å². The van der Waals surface area contributed by atoms with E-state index in [1.807, 2.05) is 53.6 Å². The number of rotatable bonds is 3. The molecule has 0 spiro atoms. The highest BCUT2D eigenvalue weighted by atomic mass is 32.1. The van der Waals surface area contributed by atoms with Gasteiger partial charge in [-0.3, -0.25) is 14.2 Å². The van der Waals surface area contributed by atoms with Crippen LogP contribution in [0.3, 0.4) is 0 Å². The fraction of sp³-hybridized carbons (Fsp3) is 0.471. The molecule has 6 nitrogen and oxygen atoms in total. The molecule has 0 aliphatic carbocycles. The van der Waals surface area contributed by atoms with E-state index >= 15 is 0 Å². The van der Waals surface area contributed by atoms with Crippen LogP contribution in [0.15, 0.2) is 18.5 Å². The molecule has 3 aromatic heterocycles. The maximum Gasteiger partial charge on any atom is 0.264 e. The van der Waals surface area contributed by atoms with E-state index in [0.29, 0.717) is 0 Å². The number of likely N-dealkylation sites (tertiary alicyclic amines) is 1. The molecule has 0 aromatic carbocycles. The number of aromatic nitrogens is 4. The van der Waals surface area contributed by atoms with Crippen LogP contribution in [-0.2, 0) is 13.6 Å². The van der Waals surface area contributed by atoms with E-state index in [0.717, 1.165) is 52.3 Å². The number of carbonyl (C=O) groups excluding carboxylic acids is 1. The van der Waals surface area contributed by atoms with Crippen molar-refractivity contribution < 1.29 is 4.79 Å². The standard InChI is InChI=1S/C17H21N5OS/c1-11-8-18-21(9-11)10-13-5-4-6-22(13)16(23)15-7-14-12(2)19-20(3)17(14)24-15/h7-9,13H,4-6,10H2,1-3H3/t13-/m0/s1. The molecule has 4 heterocycles. The van der Waals surface area contributed by atoms with Gasteiger partial charge in [-0.05, 0) is 38.3 Å². The second-order valence-corrected chi connectivity index (χ2v) is 7.60. The van der Waals surface area contributed by atoms with Gasteiger partial charge in [0.1, 0.15) is 4.83 Å². The Morgan fingerprint density at radius 3 is 2.96 bits per heavy atom. The maximum absolute atomic E-state index is 13.0. The minimum Gasteiger partial charge on any atom is -0.333 e. The summed E-state index contributed by atoms with van der Waals surface area (Å²) in [5.74, 6) is 0.141. The predicted molar refractivity (Wildman–Crippen MR) is 94.4 cm³/mol. The van der Waals surface area contributed by atoms with Crippen LogP contribution >= 0.6 is 11.3 Å². The van der Waals surface area contributed by atoms with Crippen LogP contribution in [0.4, 0.5) is 0 Å². The molecule has 0 bridgehead atoms. The van der Waals surface area contributed by atoms with Gasteiger partial charge in [0.2, 0.25) is 0 Å². The number of nitrogens with zero attached hydrogens (tertiary/aromatic N) is 5. The summed E-state index contributed by atoms with van der Waals surface area (Å²) in [6.07, 6.45) is 6.00. The molecule has 1 amide bonds. The van der Waals surface area contributed by atoms with Crippen LogP contribution in [0.2, 0.25) is 0 Å². The van der Waals surface area contributed by atoms with Crippen molar-refractivity contribution in [1.82, 2.24) is 24.5 Å². The first-order valence-electron chi connectivity index (χ1n) is 8.26. The highest BCUT2D eigenvalue weighted by molar-refractivity contribution is 7.20. The van der Waals surface area contributed by atoms with Crippen LogP contribution in [0.25, 0.3) is 10.2 Å². The van der Waals surface area contributed by atoms with Crippen molar-refractivity contribution in [3.8, 4) is 0 Å². The van der Waals surface area contributed by atoms with E-state index in [-0.39, 0.29) is 11.9 Å². The minimum atomic E-state index is 0.141. The van der Waals surface area contributed by atoms with Gasteiger partial charge in [0.15, 0.2) is 0 Å². The molecule has 3 aromatic rings. The summed E-state index contributed by atoms with van der Waals surface area (Å²) in [4.78, 5) is 16.9. The van der Waals surface area contributed by atoms with Gasteiger partial charge >= 0.3 is 0 Å². The number of carbonyl (C=O) groups is 1. The lowest BCUT2D eigenvalue weighted by Crippen LogP contribution is -2.37. The fourth-order valence-electron chi connectivity index (χ4n) is 3.53. The third-order valence-electron chi connectivity index (χ3n) is 4.71. The van der Waals surface area contributed by atoms with Crippen molar-refractivity contribution in [3.63, 3.8) is 0 Å². The molecule has 1 atom stereocenters. The predicted octanol–water partition coefficient (Wildman–Crippen LogP) is 2.75. The highest BCUT2D eigenvalue weighted by Crippen LogP contribution is 2.30. The lowest BCUT2D eigenvalue weighted by atomic mass is 10.2. The Hall–Kier alpha value is -2.15. The van der Waals surface area contributed by atoms with Crippen molar-refractivity contribution in [2.45, 2.75) is 39.3 Å². The summed E-state index contributed by atoms with van der Waals surface area (Å²) < 4.78 is 3.81. The van der Waals surface area contributed by atoms with Gasteiger partial charge < -0.3 is 4.90 Å². The second-order valence-electron chi connectivity index (χ2n) is 6.57. The third kappa shape index (κ3) is 2.53. The zero-order valence-electron chi connectivity index (χ0n) is 14.2. The number of hydrogen-bond acceptors (Lipinski definition) is 4. The Balaban J connectivity index is 1.58. The van der Waals surface area contributed by atoms with E-state index in [4.69, 9.17) is 0 Å². The molecule has 24 heavy (non-hydrogen) atoms. The van der Waals surface area contributed by atoms with Crippen molar-refractivity contribution in [2.24, 2.45) is 7.05 Å². The molecule has 1 fully saturated rings. The van der Waals surface area contributed by atoms with Crippen molar-refractivity contribution >= 4 is 27.5 Å². The molecule has 0 N–H and O–H groups in total. The first kappa shape index (κ1) is 15.4. The molecule has 1 aliphatic heterocycles. The SMILES string of the molecule is Cc1cnn(C[C@@H]2CCCN2C(=O)c2cc3c(C)nn(C)c3s2)c1. The van der Waals surface area contributed by atoms with Crippen molar-refractivity contribution in [2.75, 3.05) is 6.54 Å². The molecular formula is C17H21N5OS. The average Bonchev–Trinajstić information content (AvgIpc) is 3.28. The molecule has 0 radical (unpaired) electrons. The van der Waals surface area contributed by atoms with Gasteiger partial charge in [-0.2, -0.15) is 10.2 Å². The first-order valence-corrected chi connectivity index (χ1v) is 9.08. The smallest absolute Gasteiger partial charge is 0.264 e. The molecule has 0 saturated carbocycles. The summed E-state index contributed by atoms with van der Waals surface area (Å²) in [5.41, 5.74) is 2.13. The zero-order chi connectivity index (χ0) is 16.8. The van der Waals surface area contributed by atoms with E-state index in [1.165, 1.54) is 11.3 Å². The summed E-state index contributed by atoms with van der Waals surface area (Å²) in [5, 5.41) is 9.86. The second kappa shape index (κ2) is 5.73. The first-order chi connectivity index (χ1) is 11.5. The van der Waals surface area contributed by atoms with Crippen LogP contribution in [0, 0.1) is 13.8 Å². The lowest BCUT2D eigenvalue weighted by Gasteiger charge is -2.24. The quantitative estimate of drug-likeness (QED) is 0.735. The Labute approximate surface area is 144 Å². The van der Waals surface area contributed by atoms with Crippen LogP contribution in [-0.4, -0.2) is 43.0 Å². The lowest BCUT2D eigenvalue weighted by molar-refractivity contribution is 0.0726. The monoisotopic (exact) mass is 343 g/mol. The van der Waals surface area contributed by atoms with Crippen molar-refractivity contribution in [3.05, 3.63) is 34.6 Å². The Morgan fingerprint density at radius 1 is 1.42 bits per heavy atom. The van der Waals surface area contributed by atoms with Gasteiger partial charge in [-0.25, -0.2) is 0 Å². The Bertz CT molecular complexity index is 871. The minimum absolute atomic E-state index is 0.141. The summed E-state index contributed by atoms with van der Waals surface area (Å²) >= 11 is 1.54. The zero-order valence-corrected chi connectivity index (χ0v) is 15.0. The molecule has 1 saturated heterocycles. The highest BCUT2D eigenvalue weighted by Gasteiger charge is 2.31. The molecule has 0 unspecified atom stereocenters. The van der Waals surface area contributed by atoms with Crippen LogP contribution in [0.1, 0.15) is 33.8 Å². The number of fused-ring (bicyclic) bond motifs is 1. The molecular weight excluding hydrogens is 322 g/mol. The Morgan fingerprint density at radius 2 is 2.25 bits per heavy atom. The summed E-state index contributed by atoms with van der Waals surface area (Å²) in [7, 11) is 1.93. The van der Waals surface area contributed by atoms with Gasteiger partial charge in [-0.1, -0.05) is 0 Å².